The number of nitrogens with zero attached hydrogens (tertiary/aromatic N) is 1. The van der Waals surface area contributed by atoms with E-state index >= 15 is 0 Å². The number of benzene rings is 2. The van der Waals surface area contributed by atoms with E-state index in [-0.39, 0.29) is 22.2 Å². The number of hydrogen-bond acceptors (Lipinski definition) is 3. The molecule has 0 aromatic heterocycles. The largest absolute Gasteiger partial charge is 0.314 e. The van der Waals surface area contributed by atoms with Crippen LogP contribution >= 0.6 is 11.6 Å². The number of rotatable bonds is 4. The minimum absolute atomic E-state index is 0.0254. The third kappa shape index (κ3) is 4.00. The van der Waals surface area contributed by atoms with Crippen molar-refractivity contribution >= 4 is 38.9 Å². The predicted molar refractivity (Wildman–Crippen MR) is 87.7 cm³/mol. The van der Waals surface area contributed by atoms with Gasteiger partial charge in [0.05, 0.1) is 16.3 Å². The maximum Gasteiger partial charge on any atom is 0.261 e. The highest BCUT2D eigenvalue weighted by molar-refractivity contribution is 7.92. The van der Waals surface area contributed by atoms with Crippen molar-refractivity contribution in [1.82, 2.24) is 0 Å². The smallest absolute Gasteiger partial charge is 0.261 e. The number of nitrogens with one attached hydrogen (secondary N) is 1. The lowest BCUT2D eigenvalue weighted by molar-refractivity contribution is -0.116. The van der Waals surface area contributed by atoms with Crippen LogP contribution in [-0.4, -0.2) is 21.4 Å². The van der Waals surface area contributed by atoms with E-state index in [0.29, 0.717) is 5.02 Å². The Labute approximate surface area is 138 Å². The summed E-state index contributed by atoms with van der Waals surface area (Å²) in [7, 11) is -2.47. The Balaban J connectivity index is 2.44. The summed E-state index contributed by atoms with van der Waals surface area (Å²) < 4.78 is 40.6. The molecule has 2 aromatic rings. The second kappa shape index (κ2) is 6.55. The highest BCUT2D eigenvalue weighted by atomic mass is 35.5. The molecule has 0 atom stereocenters. The van der Waals surface area contributed by atoms with Gasteiger partial charge in [-0.15, -0.1) is 0 Å². The fourth-order valence-corrected chi connectivity index (χ4v) is 3.06. The van der Waals surface area contributed by atoms with E-state index in [1.165, 1.54) is 49.2 Å². The number of sulfonamides is 1. The summed E-state index contributed by atoms with van der Waals surface area (Å²) in [5.41, 5.74) is 0.217. The average molecular weight is 357 g/mol. The number of amides is 1. The second-order valence-corrected chi connectivity index (χ2v) is 6.92. The van der Waals surface area contributed by atoms with E-state index in [9.17, 15) is 17.6 Å². The molecule has 1 amide bonds. The molecule has 23 heavy (non-hydrogen) atoms. The number of anilines is 2. The Hall–Kier alpha value is -2.12. The van der Waals surface area contributed by atoms with Crippen molar-refractivity contribution in [2.24, 2.45) is 0 Å². The molecule has 0 fully saturated rings. The van der Waals surface area contributed by atoms with Gasteiger partial charge in [-0.1, -0.05) is 11.6 Å². The van der Waals surface area contributed by atoms with E-state index in [1.54, 1.807) is 0 Å². The third-order valence-electron chi connectivity index (χ3n) is 3.16. The zero-order chi connectivity index (χ0) is 17.2. The lowest BCUT2D eigenvalue weighted by Gasteiger charge is -2.20. The van der Waals surface area contributed by atoms with Crippen LogP contribution in [0.25, 0.3) is 0 Å². The van der Waals surface area contributed by atoms with Gasteiger partial charge in [0.15, 0.2) is 0 Å². The molecule has 0 spiro atoms. The van der Waals surface area contributed by atoms with Gasteiger partial charge in [-0.3, -0.25) is 9.52 Å². The van der Waals surface area contributed by atoms with Crippen LogP contribution in [0.3, 0.4) is 0 Å². The third-order valence-corrected chi connectivity index (χ3v) is 4.79. The normalized spacial score (nSPS) is 11.1. The Morgan fingerprint density at radius 3 is 2.35 bits per heavy atom. The number of carbonyl (C=O) groups is 1. The SMILES string of the molecule is CC(=O)N(C)c1ccc(F)cc1NS(=O)(=O)c1ccc(Cl)cc1. The molecule has 0 radical (unpaired) electrons. The van der Waals surface area contributed by atoms with E-state index in [1.807, 2.05) is 0 Å². The number of carbonyl (C=O) groups excluding carboxylic acids is 1. The molecule has 0 saturated carbocycles. The molecule has 0 aliphatic rings. The highest BCUT2D eigenvalue weighted by Crippen LogP contribution is 2.28. The topological polar surface area (TPSA) is 66.5 Å². The first-order valence-electron chi connectivity index (χ1n) is 6.53. The van der Waals surface area contributed by atoms with Crippen LogP contribution in [0.4, 0.5) is 15.8 Å². The minimum atomic E-state index is -3.94. The monoisotopic (exact) mass is 356 g/mol. The van der Waals surface area contributed by atoms with Crippen LogP contribution < -0.4 is 9.62 Å². The number of hydrogen-bond donors (Lipinski definition) is 1. The molecule has 5 nitrogen and oxygen atoms in total. The molecule has 1 N–H and O–H groups in total. The molecule has 2 rings (SSSR count). The van der Waals surface area contributed by atoms with Crippen molar-refractivity contribution in [1.29, 1.82) is 0 Å². The molecule has 8 heteroatoms. The molecule has 0 bridgehead atoms. The van der Waals surface area contributed by atoms with Crippen LogP contribution in [0.2, 0.25) is 5.02 Å². The lowest BCUT2D eigenvalue weighted by atomic mass is 10.2. The van der Waals surface area contributed by atoms with Gasteiger partial charge >= 0.3 is 0 Å². The summed E-state index contributed by atoms with van der Waals surface area (Å²) in [4.78, 5) is 12.7. The zero-order valence-electron chi connectivity index (χ0n) is 12.4. The molecule has 2 aromatic carbocycles. The van der Waals surface area contributed by atoms with Gasteiger partial charge in [-0.05, 0) is 36.4 Å². The average Bonchev–Trinajstić information content (AvgIpc) is 2.46. The van der Waals surface area contributed by atoms with E-state index < -0.39 is 15.8 Å². The van der Waals surface area contributed by atoms with Crippen LogP contribution in [0.1, 0.15) is 6.92 Å². The Morgan fingerprint density at radius 2 is 1.78 bits per heavy atom. The Kier molecular flexibility index (Phi) is 4.91. The Bertz CT molecular complexity index is 838. The molecular formula is C15H14ClFN2O3S. The summed E-state index contributed by atoms with van der Waals surface area (Å²) in [5.74, 6) is -0.942. The molecule has 0 heterocycles. The van der Waals surface area contributed by atoms with Crippen molar-refractivity contribution in [2.75, 3.05) is 16.7 Å². The van der Waals surface area contributed by atoms with Gasteiger partial charge in [0, 0.05) is 25.1 Å². The fraction of sp³-hybridized carbons (Fsp3) is 0.133. The quantitative estimate of drug-likeness (QED) is 0.914. The van der Waals surface area contributed by atoms with Gasteiger partial charge in [-0.2, -0.15) is 0 Å². The maximum atomic E-state index is 13.5. The molecular weight excluding hydrogens is 343 g/mol. The summed E-state index contributed by atoms with van der Waals surface area (Å²) >= 11 is 5.74. The zero-order valence-corrected chi connectivity index (χ0v) is 14.0. The molecule has 0 aliphatic heterocycles. The van der Waals surface area contributed by atoms with Crippen molar-refractivity contribution < 1.29 is 17.6 Å². The standard InChI is InChI=1S/C15H14ClFN2O3S/c1-10(20)19(2)15-8-5-12(17)9-14(15)18-23(21,22)13-6-3-11(16)4-7-13/h3-9,18H,1-2H3. The first kappa shape index (κ1) is 17.2. The van der Waals surface area contributed by atoms with Gasteiger partial charge in [0.1, 0.15) is 5.82 Å². The summed E-state index contributed by atoms with van der Waals surface area (Å²) in [6, 6.07) is 9.03. The maximum absolute atomic E-state index is 13.5. The van der Waals surface area contributed by atoms with Crippen LogP contribution in [0.5, 0.6) is 0 Å². The molecule has 122 valence electrons. The lowest BCUT2D eigenvalue weighted by Crippen LogP contribution is -2.25. The first-order chi connectivity index (χ1) is 10.7. The predicted octanol–water partition coefficient (Wildman–Crippen LogP) is 3.26. The minimum Gasteiger partial charge on any atom is -0.314 e. The van der Waals surface area contributed by atoms with Crippen molar-refractivity contribution in [3.8, 4) is 0 Å². The van der Waals surface area contributed by atoms with Gasteiger partial charge in [-0.25, -0.2) is 12.8 Å². The summed E-state index contributed by atoms with van der Waals surface area (Å²) in [5, 5.41) is 0.395. The summed E-state index contributed by atoms with van der Waals surface area (Å²) in [6.45, 7) is 1.32. The summed E-state index contributed by atoms with van der Waals surface area (Å²) in [6.07, 6.45) is 0. The first-order valence-corrected chi connectivity index (χ1v) is 8.39. The van der Waals surface area contributed by atoms with Gasteiger partial charge in [0.25, 0.3) is 10.0 Å². The van der Waals surface area contributed by atoms with E-state index in [4.69, 9.17) is 11.6 Å². The van der Waals surface area contributed by atoms with Gasteiger partial charge < -0.3 is 4.90 Å². The van der Waals surface area contributed by atoms with Crippen molar-refractivity contribution in [3.63, 3.8) is 0 Å². The van der Waals surface area contributed by atoms with Crippen molar-refractivity contribution in [2.45, 2.75) is 11.8 Å². The molecule has 0 unspecified atom stereocenters. The van der Waals surface area contributed by atoms with Crippen LogP contribution in [0, 0.1) is 5.82 Å². The molecule has 0 aliphatic carbocycles. The van der Waals surface area contributed by atoms with E-state index in [0.717, 1.165) is 12.1 Å². The fourth-order valence-electron chi connectivity index (χ4n) is 1.87. The van der Waals surface area contributed by atoms with Crippen LogP contribution in [0.15, 0.2) is 47.4 Å². The van der Waals surface area contributed by atoms with E-state index in [2.05, 4.69) is 4.72 Å². The van der Waals surface area contributed by atoms with Crippen molar-refractivity contribution in [3.05, 3.63) is 53.3 Å². The van der Waals surface area contributed by atoms with Crippen LogP contribution in [-0.2, 0) is 14.8 Å². The Morgan fingerprint density at radius 1 is 1.17 bits per heavy atom. The highest BCUT2D eigenvalue weighted by Gasteiger charge is 2.19. The van der Waals surface area contributed by atoms with Gasteiger partial charge in [0.2, 0.25) is 5.91 Å². The molecule has 0 saturated heterocycles. The number of halogens is 2. The second-order valence-electron chi connectivity index (χ2n) is 4.80.